The Balaban J connectivity index is 2.17. The Kier molecular flexibility index (Phi) is 4.04. The molecule has 0 aromatic heterocycles. The minimum Gasteiger partial charge on any atom is -0.489 e. The highest BCUT2D eigenvalue weighted by molar-refractivity contribution is 5.61. The van der Waals surface area contributed by atoms with E-state index in [1.54, 1.807) is 0 Å². The van der Waals surface area contributed by atoms with Crippen molar-refractivity contribution in [3.63, 3.8) is 0 Å². The number of rotatable bonds is 5. The predicted molar refractivity (Wildman–Crippen MR) is 71.6 cm³/mol. The van der Waals surface area contributed by atoms with Crippen molar-refractivity contribution in [3.05, 3.63) is 36.4 Å². The number of fused-ring (bicyclic) bond motifs is 1. The fourth-order valence-corrected chi connectivity index (χ4v) is 2.09. The molecule has 1 heterocycles. The van der Waals surface area contributed by atoms with Gasteiger partial charge in [0.2, 0.25) is 0 Å². The number of hydrogen-bond acceptors (Lipinski definition) is 3. The van der Waals surface area contributed by atoms with E-state index in [0.29, 0.717) is 0 Å². The van der Waals surface area contributed by atoms with Crippen molar-refractivity contribution in [2.24, 2.45) is 0 Å². The third-order valence-corrected chi connectivity index (χ3v) is 2.99. The molecule has 0 atom stereocenters. The Hall–Kier alpha value is -1.48. The molecule has 0 unspecified atom stereocenters. The quantitative estimate of drug-likeness (QED) is 0.789. The summed E-state index contributed by atoms with van der Waals surface area (Å²) in [6, 6.07) is 6.29. The molecule has 17 heavy (non-hydrogen) atoms. The topological polar surface area (TPSA) is 24.5 Å². The lowest BCUT2D eigenvalue weighted by molar-refractivity contribution is 0.287. The minimum atomic E-state index is 0.748. The van der Waals surface area contributed by atoms with Crippen LogP contribution in [0.4, 0.5) is 5.69 Å². The van der Waals surface area contributed by atoms with E-state index in [-0.39, 0.29) is 0 Å². The van der Waals surface area contributed by atoms with Gasteiger partial charge in [-0.3, -0.25) is 4.90 Å². The van der Waals surface area contributed by atoms with Crippen LogP contribution in [0.15, 0.2) is 30.9 Å². The van der Waals surface area contributed by atoms with Crippen molar-refractivity contribution in [3.8, 4) is 5.75 Å². The van der Waals surface area contributed by atoms with E-state index >= 15 is 0 Å². The van der Waals surface area contributed by atoms with Crippen LogP contribution in [0.1, 0.15) is 12.5 Å². The molecule has 0 saturated heterocycles. The van der Waals surface area contributed by atoms with Crippen LogP contribution in [0.5, 0.6) is 5.75 Å². The average molecular weight is 232 g/mol. The van der Waals surface area contributed by atoms with Gasteiger partial charge < -0.3 is 10.1 Å². The van der Waals surface area contributed by atoms with Gasteiger partial charge in [0.1, 0.15) is 12.4 Å². The SMILES string of the molecule is C=CCN(CC)Cc1cccc2c1OCCN2. The molecular formula is C14H20N2O. The summed E-state index contributed by atoms with van der Waals surface area (Å²) in [6.45, 7) is 10.4. The molecule has 92 valence electrons. The fourth-order valence-electron chi connectivity index (χ4n) is 2.09. The van der Waals surface area contributed by atoms with Crippen LogP contribution in [-0.2, 0) is 6.54 Å². The van der Waals surface area contributed by atoms with Crippen molar-refractivity contribution in [2.75, 3.05) is 31.6 Å². The summed E-state index contributed by atoms with van der Waals surface area (Å²) in [6.07, 6.45) is 1.94. The number of nitrogens with zero attached hydrogens (tertiary/aromatic N) is 1. The van der Waals surface area contributed by atoms with Crippen molar-refractivity contribution in [1.82, 2.24) is 4.90 Å². The molecule has 1 N–H and O–H groups in total. The number of hydrogen-bond donors (Lipinski definition) is 1. The van der Waals surface area contributed by atoms with Gasteiger partial charge in [0.05, 0.1) is 5.69 Å². The maximum absolute atomic E-state index is 5.76. The second kappa shape index (κ2) is 5.73. The Morgan fingerprint density at radius 1 is 1.53 bits per heavy atom. The number of anilines is 1. The van der Waals surface area contributed by atoms with Crippen molar-refractivity contribution in [1.29, 1.82) is 0 Å². The Morgan fingerprint density at radius 2 is 2.41 bits per heavy atom. The number of likely N-dealkylation sites (N-methyl/N-ethyl adjacent to an activating group) is 1. The molecular weight excluding hydrogens is 212 g/mol. The third-order valence-electron chi connectivity index (χ3n) is 2.99. The summed E-state index contributed by atoms with van der Waals surface area (Å²) < 4.78 is 5.76. The van der Waals surface area contributed by atoms with Crippen LogP contribution in [0, 0.1) is 0 Å². The molecule has 3 heteroatoms. The average Bonchev–Trinajstić information content (AvgIpc) is 2.38. The Labute approximate surface area is 103 Å². The van der Waals surface area contributed by atoms with Gasteiger partial charge in [0, 0.05) is 25.2 Å². The highest BCUT2D eigenvalue weighted by atomic mass is 16.5. The van der Waals surface area contributed by atoms with E-state index in [2.05, 4.69) is 41.9 Å². The van der Waals surface area contributed by atoms with E-state index in [4.69, 9.17) is 4.74 Å². The fraction of sp³-hybridized carbons (Fsp3) is 0.429. The van der Waals surface area contributed by atoms with E-state index in [0.717, 1.165) is 44.2 Å². The zero-order valence-electron chi connectivity index (χ0n) is 10.4. The van der Waals surface area contributed by atoms with Gasteiger partial charge in [-0.1, -0.05) is 25.1 Å². The van der Waals surface area contributed by atoms with Crippen LogP contribution < -0.4 is 10.1 Å². The highest BCUT2D eigenvalue weighted by Crippen LogP contribution is 2.31. The molecule has 1 aliphatic heterocycles. The minimum absolute atomic E-state index is 0.748. The Bertz CT molecular complexity index is 390. The van der Waals surface area contributed by atoms with Crippen molar-refractivity contribution < 1.29 is 4.74 Å². The lowest BCUT2D eigenvalue weighted by Crippen LogP contribution is -2.25. The first kappa shape index (κ1) is 12.0. The summed E-state index contributed by atoms with van der Waals surface area (Å²) in [5, 5.41) is 3.36. The second-order valence-electron chi connectivity index (χ2n) is 4.19. The van der Waals surface area contributed by atoms with Gasteiger partial charge in [-0.05, 0) is 12.6 Å². The molecule has 0 spiro atoms. The summed E-state index contributed by atoms with van der Waals surface area (Å²) >= 11 is 0. The molecule has 0 fully saturated rings. The largest absolute Gasteiger partial charge is 0.489 e. The van der Waals surface area contributed by atoms with Crippen LogP contribution in [0.2, 0.25) is 0 Å². The summed E-state index contributed by atoms with van der Waals surface area (Å²) in [4.78, 5) is 2.33. The summed E-state index contributed by atoms with van der Waals surface area (Å²) in [7, 11) is 0. The normalized spacial score (nSPS) is 13.8. The maximum atomic E-state index is 5.76. The van der Waals surface area contributed by atoms with Crippen LogP contribution in [-0.4, -0.2) is 31.1 Å². The van der Waals surface area contributed by atoms with Gasteiger partial charge in [-0.25, -0.2) is 0 Å². The van der Waals surface area contributed by atoms with Gasteiger partial charge >= 0.3 is 0 Å². The van der Waals surface area contributed by atoms with Crippen LogP contribution in [0.3, 0.4) is 0 Å². The second-order valence-corrected chi connectivity index (χ2v) is 4.19. The first-order valence-corrected chi connectivity index (χ1v) is 6.17. The third kappa shape index (κ3) is 2.80. The number of para-hydroxylation sites is 1. The summed E-state index contributed by atoms with van der Waals surface area (Å²) in [5.41, 5.74) is 2.36. The van der Waals surface area contributed by atoms with Gasteiger partial charge in [-0.15, -0.1) is 6.58 Å². The molecule has 0 amide bonds. The molecule has 0 saturated carbocycles. The predicted octanol–water partition coefficient (Wildman–Crippen LogP) is 2.50. The first-order chi connectivity index (χ1) is 8.35. The number of nitrogens with one attached hydrogen (secondary N) is 1. The molecule has 0 bridgehead atoms. The molecule has 2 rings (SSSR count). The van der Waals surface area contributed by atoms with Gasteiger partial charge in [0.15, 0.2) is 0 Å². The Morgan fingerprint density at radius 3 is 3.18 bits per heavy atom. The maximum Gasteiger partial charge on any atom is 0.146 e. The first-order valence-electron chi connectivity index (χ1n) is 6.17. The van der Waals surface area contributed by atoms with Gasteiger partial charge in [-0.2, -0.15) is 0 Å². The lowest BCUT2D eigenvalue weighted by atomic mass is 10.1. The molecule has 1 aromatic carbocycles. The molecule has 0 radical (unpaired) electrons. The molecule has 3 nitrogen and oxygen atoms in total. The lowest BCUT2D eigenvalue weighted by Gasteiger charge is -2.25. The van der Waals surface area contributed by atoms with E-state index in [1.807, 2.05) is 6.08 Å². The zero-order chi connectivity index (χ0) is 12.1. The van der Waals surface area contributed by atoms with E-state index in [1.165, 1.54) is 5.56 Å². The van der Waals surface area contributed by atoms with Crippen molar-refractivity contribution in [2.45, 2.75) is 13.5 Å². The molecule has 1 aromatic rings. The highest BCUT2D eigenvalue weighted by Gasteiger charge is 2.14. The number of ether oxygens (including phenoxy) is 1. The molecule has 1 aliphatic rings. The molecule has 0 aliphatic carbocycles. The standard InChI is InChI=1S/C14H20N2O/c1-3-9-16(4-2)11-12-6-5-7-13-14(12)17-10-8-15-13/h3,5-7,15H,1,4,8-11H2,2H3. The summed E-state index contributed by atoms with van der Waals surface area (Å²) in [5.74, 6) is 1.02. The van der Waals surface area contributed by atoms with Crippen LogP contribution in [0.25, 0.3) is 0 Å². The zero-order valence-corrected chi connectivity index (χ0v) is 10.4. The smallest absolute Gasteiger partial charge is 0.146 e. The number of benzene rings is 1. The monoisotopic (exact) mass is 232 g/mol. The van der Waals surface area contributed by atoms with E-state index < -0.39 is 0 Å². The van der Waals surface area contributed by atoms with Crippen LogP contribution >= 0.6 is 0 Å². The van der Waals surface area contributed by atoms with Gasteiger partial charge in [0.25, 0.3) is 0 Å². The van der Waals surface area contributed by atoms with Crippen molar-refractivity contribution >= 4 is 5.69 Å². The van der Waals surface area contributed by atoms with E-state index in [9.17, 15) is 0 Å².